The molecule has 0 aliphatic carbocycles. The summed E-state index contributed by atoms with van der Waals surface area (Å²) in [5.74, 6) is -0.816. The van der Waals surface area contributed by atoms with E-state index in [1.165, 1.54) is 45.2 Å². The Hall–Kier alpha value is -4.44. The Bertz CT molecular complexity index is 1300. The number of esters is 2. The molecule has 0 heterocycles. The van der Waals surface area contributed by atoms with Crippen LogP contribution in [0.15, 0.2) is 110 Å². The summed E-state index contributed by atoms with van der Waals surface area (Å²) >= 11 is 0. The largest absolute Gasteiger partial charge is 0.458 e. The van der Waals surface area contributed by atoms with Crippen LogP contribution in [-0.4, -0.2) is 11.9 Å². The van der Waals surface area contributed by atoms with Gasteiger partial charge in [-0.25, -0.2) is 9.59 Å². The molecule has 0 saturated carbocycles. The van der Waals surface area contributed by atoms with Crippen LogP contribution in [0.4, 0.5) is 0 Å². The Morgan fingerprint density at radius 3 is 1.18 bits per heavy atom. The van der Waals surface area contributed by atoms with E-state index in [1.54, 1.807) is 0 Å². The zero-order valence-corrected chi connectivity index (χ0v) is 21.5. The maximum absolute atomic E-state index is 11.2. The van der Waals surface area contributed by atoms with Crippen LogP contribution in [-0.2, 0) is 58.0 Å². The third-order valence-corrected chi connectivity index (χ3v) is 6.52. The van der Waals surface area contributed by atoms with E-state index < -0.39 is 11.9 Å². The molecule has 0 aromatic heterocycles. The fourth-order valence-electron chi connectivity index (χ4n) is 4.26. The van der Waals surface area contributed by atoms with E-state index in [-0.39, 0.29) is 13.2 Å². The topological polar surface area (TPSA) is 52.6 Å². The molecule has 0 radical (unpaired) electrons. The number of aryl methyl sites for hydroxylation is 4. The maximum Gasteiger partial charge on any atom is 0.330 e. The molecule has 0 N–H and O–H groups in total. The summed E-state index contributed by atoms with van der Waals surface area (Å²) in [5, 5.41) is 2.51. The van der Waals surface area contributed by atoms with Gasteiger partial charge in [-0.1, -0.05) is 98.1 Å². The van der Waals surface area contributed by atoms with E-state index in [2.05, 4.69) is 73.8 Å². The van der Waals surface area contributed by atoms with Gasteiger partial charge in [-0.05, 0) is 69.8 Å². The van der Waals surface area contributed by atoms with Gasteiger partial charge < -0.3 is 9.47 Å². The van der Waals surface area contributed by atoms with E-state index in [1.807, 2.05) is 24.3 Å². The van der Waals surface area contributed by atoms with Gasteiger partial charge in [0, 0.05) is 12.2 Å². The highest BCUT2D eigenvalue weighted by atomic mass is 16.5. The first-order chi connectivity index (χ1) is 18.5. The van der Waals surface area contributed by atoms with E-state index in [9.17, 15) is 9.59 Å². The van der Waals surface area contributed by atoms with Crippen LogP contribution in [0.1, 0.15) is 33.4 Å². The number of carbonyl (C=O) groups excluding carboxylic acids is 2. The summed E-state index contributed by atoms with van der Waals surface area (Å²) in [6.45, 7) is 7.34. The molecule has 0 aliphatic rings. The Labute approximate surface area is 224 Å². The highest BCUT2D eigenvalue weighted by Gasteiger charge is 2.04. The predicted molar refractivity (Wildman–Crippen MR) is 152 cm³/mol. The Morgan fingerprint density at radius 1 is 0.500 bits per heavy atom. The third-order valence-electron chi connectivity index (χ3n) is 6.52. The second-order valence-electron chi connectivity index (χ2n) is 9.27. The molecule has 0 spiro atoms. The lowest BCUT2D eigenvalue weighted by Crippen LogP contribution is -2.00. The van der Waals surface area contributed by atoms with Gasteiger partial charge >= 0.3 is 11.9 Å². The van der Waals surface area contributed by atoms with Crippen molar-refractivity contribution >= 4 is 22.7 Å². The molecule has 0 amide bonds. The lowest BCUT2D eigenvalue weighted by atomic mass is 9.97. The van der Waals surface area contributed by atoms with E-state index in [0.717, 1.165) is 36.8 Å². The number of ether oxygens (including phenoxy) is 2. The first kappa shape index (κ1) is 26.6. The minimum Gasteiger partial charge on any atom is -0.458 e. The molecular formula is C34H32O4. The number of benzene rings is 4. The van der Waals surface area contributed by atoms with Crippen LogP contribution >= 0.6 is 0 Å². The molecule has 0 unspecified atom stereocenters. The van der Waals surface area contributed by atoms with Crippen LogP contribution in [0.25, 0.3) is 10.8 Å². The SMILES string of the molecule is C=CC(=O)OCc1ccc(CCc2ccc3cc(CCc4ccc(COC(=O)C=C)cc4)ccc3c2)cc1. The van der Waals surface area contributed by atoms with Crippen LogP contribution in [0.2, 0.25) is 0 Å². The van der Waals surface area contributed by atoms with E-state index >= 15 is 0 Å². The predicted octanol–water partition coefficient (Wildman–Crippen LogP) is 6.87. The van der Waals surface area contributed by atoms with Crippen molar-refractivity contribution in [3.05, 3.63) is 144 Å². The summed E-state index contributed by atoms with van der Waals surface area (Å²) in [7, 11) is 0. The first-order valence-electron chi connectivity index (χ1n) is 12.8. The van der Waals surface area contributed by atoms with Crippen LogP contribution in [0.3, 0.4) is 0 Å². The molecule has 0 aliphatic heterocycles. The van der Waals surface area contributed by atoms with Crippen molar-refractivity contribution in [2.75, 3.05) is 0 Å². The molecular weight excluding hydrogens is 472 g/mol. The summed E-state index contributed by atoms with van der Waals surface area (Å²) < 4.78 is 10.2. The van der Waals surface area contributed by atoms with E-state index in [0.29, 0.717) is 0 Å². The van der Waals surface area contributed by atoms with Crippen molar-refractivity contribution in [3.8, 4) is 0 Å². The maximum atomic E-state index is 11.2. The van der Waals surface area contributed by atoms with Crippen LogP contribution in [0, 0.1) is 0 Å². The third kappa shape index (κ3) is 7.78. The molecule has 38 heavy (non-hydrogen) atoms. The minimum absolute atomic E-state index is 0.263. The molecule has 4 rings (SSSR count). The zero-order valence-electron chi connectivity index (χ0n) is 21.5. The number of hydrogen-bond acceptors (Lipinski definition) is 4. The number of carbonyl (C=O) groups is 2. The van der Waals surface area contributed by atoms with Crippen LogP contribution in [0.5, 0.6) is 0 Å². The zero-order chi connectivity index (χ0) is 26.7. The quantitative estimate of drug-likeness (QED) is 0.156. The van der Waals surface area contributed by atoms with Crippen molar-refractivity contribution in [1.29, 1.82) is 0 Å². The molecule has 4 heteroatoms. The fourth-order valence-corrected chi connectivity index (χ4v) is 4.26. The standard InChI is InChI=1S/C34H32O4/c1-3-33(35)37-23-29-13-7-25(8-14-29)5-11-27-17-19-32-22-28(18-20-31(32)21-27)12-6-26-9-15-30(16-10-26)24-38-34(36)4-2/h3-4,7-10,13-22H,1-2,5-6,11-12,23-24H2. The lowest BCUT2D eigenvalue weighted by molar-refractivity contribution is -0.139. The van der Waals surface area contributed by atoms with Crippen molar-refractivity contribution in [2.45, 2.75) is 38.9 Å². The van der Waals surface area contributed by atoms with Gasteiger partial charge in [0.2, 0.25) is 0 Å². The van der Waals surface area contributed by atoms with Crippen molar-refractivity contribution in [2.24, 2.45) is 0 Å². The smallest absolute Gasteiger partial charge is 0.330 e. The average Bonchev–Trinajstić information content (AvgIpc) is 2.97. The second kappa shape index (κ2) is 13.2. The van der Waals surface area contributed by atoms with Gasteiger partial charge in [0.15, 0.2) is 0 Å². The summed E-state index contributed by atoms with van der Waals surface area (Å²) in [4.78, 5) is 22.4. The molecule has 4 aromatic rings. The molecule has 0 fully saturated rings. The Balaban J connectivity index is 1.28. The van der Waals surface area contributed by atoms with Crippen molar-refractivity contribution in [3.63, 3.8) is 0 Å². The lowest BCUT2D eigenvalue weighted by Gasteiger charge is -2.08. The highest BCUT2D eigenvalue weighted by molar-refractivity contribution is 5.84. The molecule has 4 nitrogen and oxygen atoms in total. The second-order valence-corrected chi connectivity index (χ2v) is 9.27. The van der Waals surface area contributed by atoms with Gasteiger partial charge in [-0.15, -0.1) is 0 Å². The minimum atomic E-state index is -0.408. The van der Waals surface area contributed by atoms with Gasteiger partial charge in [0.05, 0.1) is 0 Å². The van der Waals surface area contributed by atoms with Gasteiger partial charge in [0.25, 0.3) is 0 Å². The first-order valence-corrected chi connectivity index (χ1v) is 12.8. The monoisotopic (exact) mass is 504 g/mol. The van der Waals surface area contributed by atoms with Gasteiger partial charge in [-0.2, -0.15) is 0 Å². The van der Waals surface area contributed by atoms with Gasteiger partial charge in [-0.3, -0.25) is 0 Å². The number of hydrogen-bond donors (Lipinski definition) is 0. The number of fused-ring (bicyclic) bond motifs is 1. The van der Waals surface area contributed by atoms with Crippen molar-refractivity contribution < 1.29 is 19.1 Å². The molecule has 0 saturated heterocycles. The van der Waals surface area contributed by atoms with Crippen LogP contribution < -0.4 is 0 Å². The highest BCUT2D eigenvalue weighted by Crippen LogP contribution is 2.21. The Morgan fingerprint density at radius 2 is 0.816 bits per heavy atom. The molecule has 4 aromatic carbocycles. The van der Waals surface area contributed by atoms with Gasteiger partial charge in [0.1, 0.15) is 13.2 Å². The summed E-state index contributed by atoms with van der Waals surface area (Å²) in [5.41, 5.74) is 7.07. The summed E-state index contributed by atoms with van der Waals surface area (Å²) in [6, 6.07) is 29.8. The number of rotatable bonds is 12. The average molecular weight is 505 g/mol. The molecule has 0 bridgehead atoms. The molecule has 0 atom stereocenters. The Kier molecular flexibility index (Phi) is 9.25. The summed E-state index contributed by atoms with van der Waals surface area (Å²) in [6.07, 6.45) is 6.18. The molecule has 192 valence electrons. The normalized spacial score (nSPS) is 10.6. The van der Waals surface area contributed by atoms with E-state index in [4.69, 9.17) is 9.47 Å². The van der Waals surface area contributed by atoms with Crippen molar-refractivity contribution in [1.82, 2.24) is 0 Å². The fraction of sp³-hybridized carbons (Fsp3) is 0.176.